The van der Waals surface area contributed by atoms with Crippen LogP contribution in [0, 0.1) is 12.7 Å². The van der Waals surface area contributed by atoms with Gasteiger partial charge in [-0.3, -0.25) is 4.79 Å². The lowest BCUT2D eigenvalue weighted by Gasteiger charge is -2.39. The number of aromatic nitrogens is 3. The van der Waals surface area contributed by atoms with Crippen molar-refractivity contribution in [3.8, 4) is 5.69 Å². The molecule has 1 fully saturated rings. The van der Waals surface area contributed by atoms with E-state index in [0.717, 1.165) is 25.3 Å². The summed E-state index contributed by atoms with van der Waals surface area (Å²) in [6.45, 7) is 5.87. The minimum atomic E-state index is -1.20. The molecule has 0 spiro atoms. The molecule has 4 rings (SSSR count). The summed E-state index contributed by atoms with van der Waals surface area (Å²) in [7, 11) is 2.06. The van der Waals surface area contributed by atoms with Gasteiger partial charge in [-0.05, 0) is 45.2 Å². The molecule has 0 radical (unpaired) electrons. The number of amides is 1. The lowest BCUT2D eigenvalue weighted by Crippen LogP contribution is -2.50. The van der Waals surface area contributed by atoms with Crippen molar-refractivity contribution < 1.29 is 19.1 Å². The zero-order chi connectivity index (χ0) is 25.4. The molecule has 0 bridgehead atoms. The number of carboxylic acids is 1. The molecular formula is C23H25ClFN7O3. The second kappa shape index (κ2) is 9.51. The summed E-state index contributed by atoms with van der Waals surface area (Å²) < 4.78 is 15.4. The van der Waals surface area contributed by atoms with Gasteiger partial charge in [0.1, 0.15) is 0 Å². The van der Waals surface area contributed by atoms with Crippen LogP contribution in [-0.4, -0.2) is 69.6 Å². The van der Waals surface area contributed by atoms with Gasteiger partial charge in [0.05, 0.1) is 39.5 Å². The Labute approximate surface area is 206 Å². The van der Waals surface area contributed by atoms with Gasteiger partial charge in [-0.2, -0.15) is 0 Å². The Morgan fingerprint density at radius 1 is 1.29 bits per heavy atom. The first-order chi connectivity index (χ1) is 16.6. The third kappa shape index (κ3) is 4.77. The lowest BCUT2D eigenvalue weighted by atomic mass is 10.1. The Bertz CT molecular complexity index is 1310. The number of nitrogens with one attached hydrogen (secondary N) is 1. The van der Waals surface area contributed by atoms with Crippen LogP contribution in [0.15, 0.2) is 30.5 Å². The molecular weight excluding hydrogens is 477 g/mol. The molecule has 2 aromatic carbocycles. The maximum absolute atomic E-state index is 14.1. The SMILES string of the molecule is Cc1c(F)c(N)cc(C(=O)Nc2cc(-n3cc(C(=O)O)nn3)ccc2N2CCN(C)C(C)C2)c1Cl. The molecule has 2 heterocycles. The monoisotopic (exact) mass is 501 g/mol. The van der Waals surface area contributed by atoms with Crippen LogP contribution in [0.1, 0.15) is 33.3 Å². The summed E-state index contributed by atoms with van der Waals surface area (Å²) in [6.07, 6.45) is 1.28. The first-order valence-corrected chi connectivity index (χ1v) is 11.2. The Balaban J connectivity index is 1.74. The van der Waals surface area contributed by atoms with E-state index in [0.29, 0.717) is 11.4 Å². The molecule has 0 saturated carbocycles. The van der Waals surface area contributed by atoms with Gasteiger partial charge in [0.15, 0.2) is 11.5 Å². The molecule has 1 unspecified atom stereocenters. The van der Waals surface area contributed by atoms with Gasteiger partial charge in [-0.1, -0.05) is 16.8 Å². The maximum atomic E-state index is 14.1. The predicted molar refractivity (Wildman–Crippen MR) is 131 cm³/mol. The number of anilines is 3. The molecule has 1 atom stereocenters. The number of nitrogen functional groups attached to an aromatic ring is 1. The van der Waals surface area contributed by atoms with Crippen LogP contribution in [0.4, 0.5) is 21.5 Å². The van der Waals surface area contributed by atoms with E-state index >= 15 is 0 Å². The zero-order valence-corrected chi connectivity index (χ0v) is 20.2. The van der Waals surface area contributed by atoms with E-state index in [1.165, 1.54) is 23.9 Å². The quantitative estimate of drug-likeness (QED) is 0.455. The van der Waals surface area contributed by atoms with E-state index in [4.69, 9.17) is 22.4 Å². The van der Waals surface area contributed by atoms with Crippen LogP contribution in [0.5, 0.6) is 0 Å². The number of rotatable bonds is 5. The molecule has 4 N–H and O–H groups in total. The Kier molecular flexibility index (Phi) is 6.64. The summed E-state index contributed by atoms with van der Waals surface area (Å²) in [4.78, 5) is 28.8. The third-order valence-electron chi connectivity index (χ3n) is 6.20. The lowest BCUT2D eigenvalue weighted by molar-refractivity contribution is 0.0690. The second-order valence-corrected chi connectivity index (χ2v) is 8.93. The van der Waals surface area contributed by atoms with Crippen LogP contribution in [0.2, 0.25) is 5.02 Å². The number of hydrogen-bond acceptors (Lipinski definition) is 7. The molecule has 0 aliphatic carbocycles. The van der Waals surface area contributed by atoms with E-state index < -0.39 is 17.7 Å². The van der Waals surface area contributed by atoms with Crippen LogP contribution in [0.3, 0.4) is 0 Å². The van der Waals surface area contributed by atoms with E-state index in [9.17, 15) is 14.0 Å². The van der Waals surface area contributed by atoms with Crippen molar-refractivity contribution >= 4 is 40.5 Å². The van der Waals surface area contributed by atoms with Gasteiger partial charge < -0.3 is 26.0 Å². The van der Waals surface area contributed by atoms with Gasteiger partial charge in [0.25, 0.3) is 5.91 Å². The number of hydrogen-bond donors (Lipinski definition) is 3. The molecule has 1 aliphatic heterocycles. The Morgan fingerprint density at radius 3 is 2.69 bits per heavy atom. The molecule has 35 heavy (non-hydrogen) atoms. The minimum absolute atomic E-state index is 0.0255. The van der Waals surface area contributed by atoms with Crippen molar-refractivity contribution in [3.63, 3.8) is 0 Å². The van der Waals surface area contributed by atoms with Crippen molar-refractivity contribution in [1.82, 2.24) is 19.9 Å². The molecule has 1 saturated heterocycles. The highest BCUT2D eigenvalue weighted by Crippen LogP contribution is 2.33. The molecule has 1 amide bonds. The first kappa shape index (κ1) is 24.4. The van der Waals surface area contributed by atoms with Crippen LogP contribution >= 0.6 is 11.6 Å². The third-order valence-corrected chi connectivity index (χ3v) is 6.69. The van der Waals surface area contributed by atoms with Crippen LogP contribution in [-0.2, 0) is 0 Å². The Hall–Kier alpha value is -3.70. The van der Waals surface area contributed by atoms with E-state index in [-0.39, 0.29) is 33.6 Å². The smallest absolute Gasteiger partial charge is 0.358 e. The van der Waals surface area contributed by atoms with Gasteiger partial charge >= 0.3 is 5.97 Å². The fourth-order valence-corrected chi connectivity index (χ4v) is 4.17. The maximum Gasteiger partial charge on any atom is 0.358 e. The van der Waals surface area contributed by atoms with Gasteiger partial charge in [-0.15, -0.1) is 5.10 Å². The average Bonchev–Trinajstić information content (AvgIpc) is 3.32. The number of carbonyl (C=O) groups is 2. The molecule has 184 valence electrons. The molecule has 10 nitrogen and oxygen atoms in total. The number of nitrogens with zero attached hydrogens (tertiary/aromatic N) is 5. The predicted octanol–water partition coefficient (Wildman–Crippen LogP) is 3.04. The number of piperazine rings is 1. The summed E-state index contributed by atoms with van der Waals surface area (Å²) in [5.74, 6) is -2.43. The number of likely N-dealkylation sites (N-methyl/N-ethyl adjacent to an activating group) is 1. The van der Waals surface area contributed by atoms with Gasteiger partial charge in [0, 0.05) is 31.2 Å². The number of halogens is 2. The first-order valence-electron chi connectivity index (χ1n) is 10.9. The summed E-state index contributed by atoms with van der Waals surface area (Å²) in [5, 5.41) is 19.5. The Morgan fingerprint density at radius 2 is 2.03 bits per heavy atom. The fourth-order valence-electron chi connectivity index (χ4n) is 3.95. The van der Waals surface area contributed by atoms with Gasteiger partial charge in [0.2, 0.25) is 0 Å². The van der Waals surface area contributed by atoms with Crippen molar-refractivity contribution in [2.75, 3.05) is 42.6 Å². The second-order valence-electron chi connectivity index (χ2n) is 8.55. The normalized spacial score (nSPS) is 16.4. The molecule has 1 aromatic heterocycles. The van der Waals surface area contributed by atoms with Crippen molar-refractivity contribution in [1.29, 1.82) is 0 Å². The summed E-state index contributed by atoms with van der Waals surface area (Å²) in [6, 6.07) is 6.76. The number of carboxylic acid groups (broad SMARTS) is 1. The molecule has 3 aromatic rings. The van der Waals surface area contributed by atoms with Crippen LogP contribution < -0.4 is 16.0 Å². The average molecular weight is 502 g/mol. The number of benzene rings is 2. The number of carbonyl (C=O) groups excluding carboxylic acids is 1. The summed E-state index contributed by atoms with van der Waals surface area (Å²) >= 11 is 6.26. The topological polar surface area (TPSA) is 130 Å². The van der Waals surface area contributed by atoms with Crippen molar-refractivity contribution in [2.45, 2.75) is 19.9 Å². The minimum Gasteiger partial charge on any atom is -0.476 e. The fraction of sp³-hybridized carbons (Fsp3) is 0.304. The number of nitrogens with two attached hydrogens (primary N) is 1. The highest BCUT2D eigenvalue weighted by atomic mass is 35.5. The van der Waals surface area contributed by atoms with Gasteiger partial charge in [-0.25, -0.2) is 13.9 Å². The van der Waals surface area contributed by atoms with Crippen molar-refractivity contribution in [2.24, 2.45) is 0 Å². The molecule has 1 aliphatic rings. The standard InChI is InChI=1S/C23H25ClFN7O3/c1-12-10-31(7-6-30(12)3)19-5-4-14(32-11-18(23(34)35)28-29-32)8-17(19)27-22(33)15-9-16(26)21(25)13(2)20(15)24/h4-5,8-9,11-12H,6-7,10,26H2,1-3H3,(H,27,33)(H,34,35). The van der Waals surface area contributed by atoms with E-state index in [1.807, 2.05) is 6.07 Å². The van der Waals surface area contributed by atoms with E-state index in [1.54, 1.807) is 12.1 Å². The highest BCUT2D eigenvalue weighted by Gasteiger charge is 2.25. The van der Waals surface area contributed by atoms with Crippen molar-refractivity contribution in [3.05, 3.63) is 58.1 Å². The molecule has 12 heteroatoms. The zero-order valence-electron chi connectivity index (χ0n) is 19.4. The summed E-state index contributed by atoms with van der Waals surface area (Å²) in [5.41, 5.74) is 7.18. The number of aromatic carboxylic acids is 1. The van der Waals surface area contributed by atoms with E-state index in [2.05, 4.69) is 39.4 Å². The largest absolute Gasteiger partial charge is 0.476 e. The highest BCUT2D eigenvalue weighted by molar-refractivity contribution is 6.35. The van der Waals surface area contributed by atoms with Crippen LogP contribution in [0.25, 0.3) is 5.69 Å².